The summed E-state index contributed by atoms with van der Waals surface area (Å²) in [6.45, 7) is 2.91. The highest BCUT2D eigenvalue weighted by Crippen LogP contribution is 2.20. The van der Waals surface area contributed by atoms with Crippen LogP contribution in [0.25, 0.3) is 0 Å². The lowest BCUT2D eigenvalue weighted by Gasteiger charge is -2.26. The van der Waals surface area contributed by atoms with Gasteiger partial charge >= 0.3 is 6.03 Å². The molecule has 23 heavy (non-hydrogen) atoms. The second-order valence-corrected chi connectivity index (χ2v) is 7.73. The minimum atomic E-state index is -3.22. The third-order valence-electron chi connectivity index (χ3n) is 3.99. The zero-order valence-electron chi connectivity index (χ0n) is 13.4. The molecule has 2 rings (SSSR count). The van der Waals surface area contributed by atoms with E-state index in [-0.39, 0.29) is 29.4 Å². The molecule has 0 aliphatic carbocycles. The largest absolute Gasteiger partial charge is 0.336 e. The van der Waals surface area contributed by atoms with E-state index in [1.54, 1.807) is 31.3 Å². The van der Waals surface area contributed by atoms with Gasteiger partial charge in [0.05, 0.1) is 11.4 Å². The molecule has 126 valence electrons. The van der Waals surface area contributed by atoms with Crippen molar-refractivity contribution in [2.75, 3.05) is 32.9 Å². The van der Waals surface area contributed by atoms with E-state index in [1.165, 1.54) is 4.90 Å². The number of likely N-dealkylation sites (N-methyl/N-ethyl adjacent to an activating group) is 1. The predicted molar refractivity (Wildman–Crippen MR) is 85.7 cm³/mol. The molecule has 1 aromatic rings. The van der Waals surface area contributed by atoms with Gasteiger partial charge in [0.15, 0.2) is 9.84 Å². The summed E-state index contributed by atoms with van der Waals surface area (Å²) in [6, 6.07) is 6.16. The lowest BCUT2D eigenvalue weighted by atomic mass is 10.1. The Morgan fingerprint density at radius 1 is 1.35 bits per heavy atom. The fraction of sp³-hybridized carbons (Fsp3) is 0.467. The number of nitrogens with zero attached hydrogens (tertiary/aromatic N) is 2. The quantitative estimate of drug-likeness (QED) is 0.850. The first-order valence-corrected chi connectivity index (χ1v) is 9.17. The van der Waals surface area contributed by atoms with Crippen molar-refractivity contribution in [1.82, 2.24) is 15.1 Å². The lowest BCUT2D eigenvalue weighted by Crippen LogP contribution is -2.41. The van der Waals surface area contributed by atoms with Gasteiger partial charge in [0, 0.05) is 25.4 Å². The van der Waals surface area contributed by atoms with Gasteiger partial charge in [-0.05, 0) is 31.7 Å². The average Bonchev–Trinajstić information content (AvgIpc) is 2.92. The first-order valence-electron chi connectivity index (χ1n) is 7.28. The van der Waals surface area contributed by atoms with Crippen LogP contribution in [-0.4, -0.2) is 63.1 Å². The van der Waals surface area contributed by atoms with E-state index in [0.29, 0.717) is 13.1 Å². The Bertz CT molecular complexity index is 700. The number of rotatable bonds is 5. The van der Waals surface area contributed by atoms with Crippen LogP contribution in [0.1, 0.15) is 18.5 Å². The number of carbonyl (C=O) groups excluding carboxylic acids is 2. The van der Waals surface area contributed by atoms with Crippen molar-refractivity contribution >= 4 is 21.8 Å². The summed E-state index contributed by atoms with van der Waals surface area (Å²) in [5.74, 6) is -0.248. The summed E-state index contributed by atoms with van der Waals surface area (Å²) in [7, 11) is -1.43. The van der Waals surface area contributed by atoms with Crippen LogP contribution in [0.3, 0.4) is 0 Å². The highest BCUT2D eigenvalue weighted by molar-refractivity contribution is 7.90. The molecule has 0 aromatic heterocycles. The summed E-state index contributed by atoms with van der Waals surface area (Å²) in [4.78, 5) is 26.9. The Hall–Kier alpha value is -1.93. The molecule has 3 amide bonds. The minimum Gasteiger partial charge on any atom is -0.336 e. The van der Waals surface area contributed by atoms with Gasteiger partial charge in [-0.3, -0.25) is 14.6 Å². The fourth-order valence-corrected chi connectivity index (χ4v) is 3.02. The summed E-state index contributed by atoms with van der Waals surface area (Å²) < 4.78 is 22.9. The molecule has 0 bridgehead atoms. The van der Waals surface area contributed by atoms with Crippen molar-refractivity contribution in [3.8, 4) is 0 Å². The number of amides is 3. The van der Waals surface area contributed by atoms with Gasteiger partial charge in [0.1, 0.15) is 0 Å². The Labute approximate surface area is 136 Å². The first kappa shape index (κ1) is 17.4. The topological polar surface area (TPSA) is 86.8 Å². The van der Waals surface area contributed by atoms with Crippen molar-refractivity contribution in [2.45, 2.75) is 17.9 Å². The van der Waals surface area contributed by atoms with E-state index in [4.69, 9.17) is 0 Å². The zero-order chi connectivity index (χ0) is 17.2. The van der Waals surface area contributed by atoms with Crippen LogP contribution in [0.2, 0.25) is 0 Å². The van der Waals surface area contributed by atoms with Crippen molar-refractivity contribution in [1.29, 1.82) is 0 Å². The molecule has 1 atom stereocenters. The van der Waals surface area contributed by atoms with E-state index in [9.17, 15) is 18.0 Å². The second kappa shape index (κ2) is 6.67. The van der Waals surface area contributed by atoms with Gasteiger partial charge in [0.25, 0.3) is 0 Å². The zero-order valence-corrected chi connectivity index (χ0v) is 14.3. The summed E-state index contributed by atoms with van der Waals surface area (Å²) in [5, 5.41) is 2.60. The summed E-state index contributed by atoms with van der Waals surface area (Å²) in [6.07, 6.45) is 1.16. The number of hydrogen-bond donors (Lipinski definition) is 1. The van der Waals surface area contributed by atoms with Crippen LogP contribution in [0.4, 0.5) is 4.79 Å². The molecule has 1 saturated heterocycles. The van der Waals surface area contributed by atoms with Crippen LogP contribution >= 0.6 is 0 Å². The third-order valence-corrected chi connectivity index (χ3v) is 5.12. The van der Waals surface area contributed by atoms with Gasteiger partial charge in [0.2, 0.25) is 5.91 Å². The number of imide groups is 1. The van der Waals surface area contributed by atoms with Crippen molar-refractivity contribution < 1.29 is 18.0 Å². The number of benzene rings is 1. The SMILES string of the molecule is C[C@H](c1ccc(S(C)(=O)=O)cc1)N(C)CC(=O)N1CCNC1=O. The van der Waals surface area contributed by atoms with Crippen LogP contribution in [-0.2, 0) is 14.6 Å². The minimum absolute atomic E-state index is 0.0850. The van der Waals surface area contributed by atoms with Crippen LogP contribution in [0.15, 0.2) is 29.2 Å². The number of sulfone groups is 1. The molecule has 1 N–H and O–H groups in total. The first-order chi connectivity index (χ1) is 10.7. The maximum absolute atomic E-state index is 12.1. The standard InChI is InChI=1S/C15H21N3O4S/c1-11(12-4-6-13(7-5-12)23(3,21)22)17(2)10-14(19)18-9-8-16-15(18)20/h4-7,11H,8-10H2,1-3H3,(H,16,20)/t11-/m1/s1. The van der Waals surface area contributed by atoms with Crippen molar-refractivity contribution in [3.63, 3.8) is 0 Å². The fourth-order valence-electron chi connectivity index (χ4n) is 2.39. The molecule has 1 aliphatic heterocycles. The van der Waals surface area contributed by atoms with E-state index >= 15 is 0 Å². The highest BCUT2D eigenvalue weighted by Gasteiger charge is 2.27. The Morgan fingerprint density at radius 2 is 1.96 bits per heavy atom. The van der Waals surface area contributed by atoms with Gasteiger partial charge in [-0.1, -0.05) is 12.1 Å². The molecule has 0 saturated carbocycles. The highest BCUT2D eigenvalue weighted by atomic mass is 32.2. The van der Waals surface area contributed by atoms with E-state index in [1.807, 2.05) is 11.8 Å². The monoisotopic (exact) mass is 339 g/mol. The smallest absolute Gasteiger partial charge is 0.324 e. The summed E-state index contributed by atoms with van der Waals surface area (Å²) in [5.41, 5.74) is 0.901. The molecule has 0 unspecified atom stereocenters. The molecule has 1 aromatic carbocycles. The number of urea groups is 1. The van der Waals surface area contributed by atoms with Crippen LogP contribution < -0.4 is 5.32 Å². The van der Waals surface area contributed by atoms with Crippen molar-refractivity contribution in [3.05, 3.63) is 29.8 Å². The van der Waals surface area contributed by atoms with E-state index in [0.717, 1.165) is 11.8 Å². The van der Waals surface area contributed by atoms with Crippen LogP contribution in [0.5, 0.6) is 0 Å². The number of nitrogens with one attached hydrogen (secondary N) is 1. The predicted octanol–water partition coefficient (Wildman–Crippen LogP) is 0.635. The average molecular weight is 339 g/mol. The van der Waals surface area contributed by atoms with Gasteiger partial charge in [-0.2, -0.15) is 0 Å². The molecule has 8 heteroatoms. The van der Waals surface area contributed by atoms with Gasteiger partial charge in [-0.25, -0.2) is 13.2 Å². The Morgan fingerprint density at radius 3 is 2.43 bits per heavy atom. The normalized spacial score (nSPS) is 16.5. The molecule has 0 spiro atoms. The Kier molecular flexibility index (Phi) is 5.06. The molecule has 1 aliphatic rings. The number of hydrogen-bond acceptors (Lipinski definition) is 5. The van der Waals surface area contributed by atoms with Crippen molar-refractivity contribution in [2.24, 2.45) is 0 Å². The maximum Gasteiger partial charge on any atom is 0.324 e. The van der Waals surface area contributed by atoms with E-state index < -0.39 is 9.84 Å². The van der Waals surface area contributed by atoms with Crippen LogP contribution in [0, 0.1) is 0 Å². The summed E-state index contributed by atoms with van der Waals surface area (Å²) >= 11 is 0. The second-order valence-electron chi connectivity index (χ2n) is 5.71. The van der Waals surface area contributed by atoms with Gasteiger partial charge in [-0.15, -0.1) is 0 Å². The molecule has 1 fully saturated rings. The molecule has 0 radical (unpaired) electrons. The number of carbonyl (C=O) groups is 2. The molecular weight excluding hydrogens is 318 g/mol. The molecular formula is C15H21N3O4S. The Balaban J connectivity index is 2.03. The van der Waals surface area contributed by atoms with E-state index in [2.05, 4.69) is 5.32 Å². The third kappa shape index (κ3) is 4.08. The maximum atomic E-state index is 12.1. The lowest BCUT2D eigenvalue weighted by molar-refractivity contribution is -0.128. The van der Waals surface area contributed by atoms with Gasteiger partial charge < -0.3 is 5.32 Å². The molecule has 7 nitrogen and oxygen atoms in total. The molecule has 1 heterocycles.